The van der Waals surface area contributed by atoms with Gasteiger partial charge in [-0.15, -0.1) is 11.6 Å². The first-order valence-electron chi connectivity index (χ1n) is 4.92. The van der Waals surface area contributed by atoms with Crippen LogP contribution in [0.25, 0.3) is 0 Å². The molecule has 2 rings (SSSR count). The fraction of sp³-hybridized carbons (Fsp3) is 0.0769. The van der Waals surface area contributed by atoms with Gasteiger partial charge in [0.1, 0.15) is 0 Å². The van der Waals surface area contributed by atoms with Gasteiger partial charge < -0.3 is 0 Å². The molecule has 0 saturated heterocycles. The summed E-state index contributed by atoms with van der Waals surface area (Å²) < 4.78 is 3.07. The number of halogens is 4. The zero-order chi connectivity index (χ0) is 12.4. The van der Waals surface area contributed by atoms with Gasteiger partial charge >= 0.3 is 0 Å². The van der Waals surface area contributed by atoms with Crippen LogP contribution in [0.2, 0.25) is 0 Å². The van der Waals surface area contributed by atoms with E-state index in [0.29, 0.717) is 0 Å². The maximum Gasteiger partial charge on any atom is 0.0847 e. The SMILES string of the molecule is ClC(c1cccc(Br)c1)c1cc(Br)ccc1Br. The van der Waals surface area contributed by atoms with Gasteiger partial charge in [-0.05, 0) is 41.5 Å². The van der Waals surface area contributed by atoms with E-state index in [-0.39, 0.29) is 5.38 Å². The van der Waals surface area contributed by atoms with Gasteiger partial charge in [0.25, 0.3) is 0 Å². The fourth-order valence-electron chi connectivity index (χ4n) is 1.55. The van der Waals surface area contributed by atoms with Gasteiger partial charge in [-0.1, -0.05) is 59.9 Å². The number of hydrogen-bond acceptors (Lipinski definition) is 0. The number of hydrogen-bond donors (Lipinski definition) is 0. The smallest absolute Gasteiger partial charge is 0.0847 e. The van der Waals surface area contributed by atoms with Crippen LogP contribution in [0.3, 0.4) is 0 Å². The highest BCUT2D eigenvalue weighted by atomic mass is 79.9. The third-order valence-corrected chi connectivity index (χ3v) is 4.57. The molecule has 17 heavy (non-hydrogen) atoms. The monoisotopic (exact) mass is 436 g/mol. The summed E-state index contributed by atoms with van der Waals surface area (Å²) in [5, 5.41) is -0.167. The second-order valence-electron chi connectivity index (χ2n) is 3.58. The van der Waals surface area contributed by atoms with E-state index in [9.17, 15) is 0 Å². The Kier molecular flexibility index (Phi) is 4.70. The van der Waals surface area contributed by atoms with E-state index in [0.717, 1.165) is 24.5 Å². The first kappa shape index (κ1) is 13.6. The van der Waals surface area contributed by atoms with Crippen molar-refractivity contribution < 1.29 is 0 Å². The summed E-state index contributed by atoms with van der Waals surface area (Å²) in [4.78, 5) is 0. The molecule has 0 radical (unpaired) electrons. The molecular formula is C13H8Br3Cl. The van der Waals surface area contributed by atoms with Gasteiger partial charge in [0.05, 0.1) is 5.38 Å². The molecule has 88 valence electrons. The molecule has 0 aliphatic heterocycles. The Morgan fingerprint density at radius 3 is 2.29 bits per heavy atom. The Balaban J connectivity index is 2.43. The van der Waals surface area contributed by atoms with E-state index in [1.807, 2.05) is 42.5 Å². The number of rotatable bonds is 2. The van der Waals surface area contributed by atoms with E-state index in [1.54, 1.807) is 0 Å². The summed E-state index contributed by atoms with van der Waals surface area (Å²) in [6.07, 6.45) is 0. The zero-order valence-corrected chi connectivity index (χ0v) is 14.1. The highest BCUT2D eigenvalue weighted by Crippen LogP contribution is 2.36. The fourth-order valence-corrected chi connectivity index (χ4v) is 3.27. The lowest BCUT2D eigenvalue weighted by molar-refractivity contribution is 1.12. The zero-order valence-electron chi connectivity index (χ0n) is 8.63. The summed E-state index contributed by atoms with van der Waals surface area (Å²) in [5.74, 6) is 0. The normalized spacial score (nSPS) is 12.5. The maximum atomic E-state index is 6.51. The molecule has 2 aromatic carbocycles. The Morgan fingerprint density at radius 2 is 1.59 bits per heavy atom. The van der Waals surface area contributed by atoms with Gasteiger partial charge in [-0.2, -0.15) is 0 Å². The standard InChI is InChI=1S/C13H8Br3Cl/c14-9-3-1-2-8(6-9)13(17)11-7-10(15)4-5-12(11)16/h1-7,13H. The molecule has 0 spiro atoms. The average Bonchev–Trinajstić information content (AvgIpc) is 2.31. The topological polar surface area (TPSA) is 0 Å². The lowest BCUT2D eigenvalue weighted by Gasteiger charge is -2.13. The molecule has 0 saturated carbocycles. The average molecular weight is 439 g/mol. The van der Waals surface area contributed by atoms with Crippen molar-refractivity contribution in [3.05, 3.63) is 67.0 Å². The van der Waals surface area contributed by atoms with Crippen molar-refractivity contribution >= 4 is 59.4 Å². The first-order valence-corrected chi connectivity index (χ1v) is 7.74. The lowest BCUT2D eigenvalue weighted by atomic mass is 10.0. The molecule has 0 fully saturated rings. The lowest BCUT2D eigenvalue weighted by Crippen LogP contribution is -1.94. The first-order chi connectivity index (χ1) is 8.08. The van der Waals surface area contributed by atoms with Crippen LogP contribution in [-0.2, 0) is 0 Å². The van der Waals surface area contributed by atoms with E-state index >= 15 is 0 Å². The van der Waals surface area contributed by atoms with E-state index < -0.39 is 0 Å². The summed E-state index contributed by atoms with van der Waals surface area (Å²) in [5.41, 5.74) is 2.12. The summed E-state index contributed by atoms with van der Waals surface area (Å²) in [6, 6.07) is 14.0. The number of alkyl halides is 1. The van der Waals surface area contributed by atoms with Gasteiger partial charge in [-0.25, -0.2) is 0 Å². The predicted octanol–water partition coefficient (Wildman–Crippen LogP) is 6.30. The van der Waals surface area contributed by atoms with Gasteiger partial charge in [0.15, 0.2) is 0 Å². The van der Waals surface area contributed by atoms with E-state index in [1.165, 1.54) is 0 Å². The van der Waals surface area contributed by atoms with Crippen LogP contribution >= 0.6 is 59.4 Å². The van der Waals surface area contributed by atoms with Crippen LogP contribution < -0.4 is 0 Å². The maximum absolute atomic E-state index is 6.51. The van der Waals surface area contributed by atoms with Crippen molar-refractivity contribution in [2.24, 2.45) is 0 Å². The van der Waals surface area contributed by atoms with Gasteiger partial charge in [0.2, 0.25) is 0 Å². The molecule has 4 heteroatoms. The molecule has 0 aliphatic rings. The minimum atomic E-state index is -0.167. The minimum Gasteiger partial charge on any atom is -0.113 e. The molecule has 2 aromatic rings. The molecule has 0 aliphatic carbocycles. The molecule has 0 bridgehead atoms. The molecule has 0 nitrogen and oxygen atoms in total. The largest absolute Gasteiger partial charge is 0.113 e. The Hall–Kier alpha value is 0.170. The molecule has 1 unspecified atom stereocenters. The van der Waals surface area contributed by atoms with Crippen molar-refractivity contribution in [1.82, 2.24) is 0 Å². The molecular weight excluding hydrogens is 431 g/mol. The van der Waals surface area contributed by atoms with Crippen LogP contribution in [0.15, 0.2) is 55.9 Å². The third-order valence-electron chi connectivity index (χ3n) is 2.37. The quantitative estimate of drug-likeness (QED) is 0.482. The van der Waals surface area contributed by atoms with Crippen LogP contribution in [0.1, 0.15) is 16.5 Å². The molecule has 1 atom stereocenters. The molecule has 0 aromatic heterocycles. The van der Waals surface area contributed by atoms with Crippen LogP contribution in [0.5, 0.6) is 0 Å². The van der Waals surface area contributed by atoms with Crippen molar-refractivity contribution in [2.45, 2.75) is 5.38 Å². The highest BCUT2D eigenvalue weighted by Gasteiger charge is 2.14. The third kappa shape index (κ3) is 3.34. The summed E-state index contributed by atoms with van der Waals surface area (Å²) in [7, 11) is 0. The minimum absolute atomic E-state index is 0.167. The summed E-state index contributed by atoms with van der Waals surface area (Å²) in [6.45, 7) is 0. The number of benzene rings is 2. The van der Waals surface area contributed by atoms with E-state index in [2.05, 4.69) is 47.8 Å². The Morgan fingerprint density at radius 1 is 0.882 bits per heavy atom. The second-order valence-corrected chi connectivity index (χ2v) is 6.71. The molecule has 0 N–H and O–H groups in total. The van der Waals surface area contributed by atoms with Crippen LogP contribution in [0.4, 0.5) is 0 Å². The van der Waals surface area contributed by atoms with Crippen LogP contribution in [-0.4, -0.2) is 0 Å². The van der Waals surface area contributed by atoms with Gasteiger partial charge in [-0.3, -0.25) is 0 Å². The highest BCUT2D eigenvalue weighted by molar-refractivity contribution is 9.11. The van der Waals surface area contributed by atoms with Crippen molar-refractivity contribution in [3.8, 4) is 0 Å². The van der Waals surface area contributed by atoms with Crippen LogP contribution in [0, 0.1) is 0 Å². The Bertz CT molecular complexity index is 540. The van der Waals surface area contributed by atoms with Gasteiger partial charge in [0, 0.05) is 13.4 Å². The molecule has 0 amide bonds. The van der Waals surface area contributed by atoms with E-state index in [4.69, 9.17) is 11.6 Å². The molecule has 0 heterocycles. The van der Waals surface area contributed by atoms with Crippen molar-refractivity contribution in [2.75, 3.05) is 0 Å². The predicted molar refractivity (Wildman–Crippen MR) is 83.7 cm³/mol. The van der Waals surface area contributed by atoms with Crippen molar-refractivity contribution in [1.29, 1.82) is 0 Å². The Labute approximate surface area is 131 Å². The second kappa shape index (κ2) is 5.87. The van der Waals surface area contributed by atoms with Crippen molar-refractivity contribution in [3.63, 3.8) is 0 Å². The summed E-state index contributed by atoms with van der Waals surface area (Å²) >= 11 is 17.0.